The predicted molar refractivity (Wildman–Crippen MR) is 119 cm³/mol. The number of amides is 1. The molecule has 156 valence electrons. The van der Waals surface area contributed by atoms with Gasteiger partial charge >= 0.3 is 0 Å². The maximum Gasteiger partial charge on any atom is 0.253 e. The molecular weight excluding hydrogens is 390 g/mol. The highest BCUT2D eigenvalue weighted by Gasteiger charge is 2.15. The van der Waals surface area contributed by atoms with Crippen LogP contribution in [0.2, 0.25) is 0 Å². The highest BCUT2D eigenvalue weighted by atomic mass is 16.1. The monoisotopic (exact) mass is 413 g/mol. The molecule has 0 aliphatic carbocycles. The first-order valence-electron chi connectivity index (χ1n) is 10.1. The van der Waals surface area contributed by atoms with Gasteiger partial charge in [0.1, 0.15) is 0 Å². The van der Waals surface area contributed by atoms with Crippen LogP contribution >= 0.6 is 0 Å². The van der Waals surface area contributed by atoms with Crippen molar-refractivity contribution in [2.24, 2.45) is 0 Å². The number of hydrogen-bond donors (Lipinski definition) is 2. The van der Waals surface area contributed by atoms with E-state index in [0.717, 1.165) is 11.3 Å². The van der Waals surface area contributed by atoms with Crippen LogP contribution in [0.15, 0.2) is 79.3 Å². The zero-order valence-corrected chi connectivity index (χ0v) is 17.1. The topological polar surface area (TPSA) is 97.6 Å². The highest BCUT2D eigenvalue weighted by molar-refractivity contribution is 5.97. The third-order valence-electron chi connectivity index (χ3n) is 4.75. The minimum absolute atomic E-state index is 0.0454. The third-order valence-corrected chi connectivity index (χ3v) is 4.75. The second kappa shape index (κ2) is 9.62. The van der Waals surface area contributed by atoms with Crippen molar-refractivity contribution < 1.29 is 4.79 Å². The number of nitrogens with one attached hydrogen (secondary N) is 2. The Balaban J connectivity index is 1.33. The van der Waals surface area contributed by atoms with E-state index < -0.39 is 0 Å². The predicted octanol–water partition coefficient (Wildman–Crippen LogP) is 3.34. The first-order valence-corrected chi connectivity index (χ1v) is 10.1. The van der Waals surface area contributed by atoms with Crippen LogP contribution < -0.4 is 10.6 Å². The Morgan fingerprint density at radius 2 is 1.71 bits per heavy atom. The molecule has 0 fully saturated rings. The first-order chi connectivity index (χ1) is 15.2. The molecule has 2 heterocycles. The van der Waals surface area contributed by atoms with Gasteiger partial charge in [-0.1, -0.05) is 42.5 Å². The zero-order valence-electron chi connectivity index (χ0n) is 17.1. The number of carbonyl (C=O) groups is 1. The normalized spacial score (nSPS) is 11.6. The quantitative estimate of drug-likeness (QED) is 0.460. The lowest BCUT2D eigenvalue weighted by molar-refractivity contribution is 0.0938. The van der Waals surface area contributed by atoms with E-state index in [1.807, 2.05) is 61.5 Å². The number of benzene rings is 2. The van der Waals surface area contributed by atoms with Crippen LogP contribution in [0.1, 0.15) is 23.7 Å². The number of carbonyl (C=O) groups excluding carboxylic acids is 1. The molecule has 1 atom stereocenters. The van der Waals surface area contributed by atoms with Crippen molar-refractivity contribution in [1.29, 1.82) is 0 Å². The summed E-state index contributed by atoms with van der Waals surface area (Å²) in [6.07, 6.45) is 5.62. The average Bonchev–Trinajstić information content (AvgIpc) is 3.35. The second-order valence-corrected chi connectivity index (χ2v) is 7.06. The molecule has 0 saturated carbocycles. The van der Waals surface area contributed by atoms with Crippen LogP contribution in [0.5, 0.6) is 0 Å². The Morgan fingerprint density at radius 1 is 0.968 bits per heavy atom. The molecule has 0 aliphatic rings. The summed E-state index contributed by atoms with van der Waals surface area (Å²) in [5, 5.41) is 14.5. The van der Waals surface area contributed by atoms with Crippen LogP contribution in [0.25, 0.3) is 16.9 Å². The van der Waals surface area contributed by atoms with E-state index in [1.165, 1.54) is 4.80 Å². The zero-order chi connectivity index (χ0) is 21.5. The van der Waals surface area contributed by atoms with Crippen molar-refractivity contribution >= 4 is 11.9 Å². The summed E-state index contributed by atoms with van der Waals surface area (Å²) in [5.74, 6) is 0.401. The fraction of sp³-hybridized carbons (Fsp3) is 0.174. The number of hydrogen-bond acceptors (Lipinski definition) is 6. The smallest absolute Gasteiger partial charge is 0.253 e. The minimum Gasteiger partial charge on any atom is -0.354 e. The van der Waals surface area contributed by atoms with E-state index in [4.69, 9.17) is 0 Å². The Kier molecular flexibility index (Phi) is 6.27. The summed E-state index contributed by atoms with van der Waals surface area (Å²) in [5.41, 5.74) is 3.07. The molecule has 2 aromatic carbocycles. The summed E-state index contributed by atoms with van der Waals surface area (Å²) < 4.78 is 0. The van der Waals surface area contributed by atoms with Crippen molar-refractivity contribution in [2.45, 2.75) is 19.4 Å². The van der Waals surface area contributed by atoms with Gasteiger partial charge < -0.3 is 10.6 Å². The van der Waals surface area contributed by atoms with E-state index in [1.54, 1.807) is 24.7 Å². The van der Waals surface area contributed by atoms with Crippen LogP contribution in [0, 0.1) is 0 Å². The lowest BCUT2D eigenvalue weighted by Crippen LogP contribution is -2.34. The van der Waals surface area contributed by atoms with E-state index >= 15 is 0 Å². The maximum atomic E-state index is 12.8. The lowest BCUT2D eigenvalue weighted by atomic mass is 10.1. The van der Waals surface area contributed by atoms with Gasteiger partial charge in [-0.05, 0) is 31.5 Å². The van der Waals surface area contributed by atoms with Crippen LogP contribution in [-0.2, 0) is 0 Å². The Bertz CT molecular complexity index is 1130. The molecular formula is C23H23N7O. The fourth-order valence-corrected chi connectivity index (χ4v) is 3.17. The summed E-state index contributed by atoms with van der Waals surface area (Å²) in [7, 11) is 0. The Morgan fingerprint density at radius 3 is 2.52 bits per heavy atom. The standard InChI is InChI=1S/C23H23N7O/c1-17(28-22(31)19-9-5-6-10-21(19)30-26-15-16-27-30)11-13-24-23-25-14-12-20(29-23)18-7-3-2-4-8-18/h2-10,12,14-17H,11,13H2,1H3,(H,28,31)(H,24,25,29). The Labute approximate surface area is 180 Å². The van der Waals surface area contributed by atoms with Crippen molar-refractivity contribution in [3.05, 3.63) is 84.8 Å². The van der Waals surface area contributed by atoms with Crippen LogP contribution in [0.4, 0.5) is 5.95 Å². The highest BCUT2D eigenvalue weighted by Crippen LogP contribution is 2.17. The second-order valence-electron chi connectivity index (χ2n) is 7.06. The van der Waals surface area contributed by atoms with E-state index in [9.17, 15) is 4.79 Å². The molecule has 1 unspecified atom stereocenters. The van der Waals surface area contributed by atoms with Gasteiger partial charge in [-0.3, -0.25) is 4.79 Å². The molecule has 4 rings (SSSR count). The summed E-state index contributed by atoms with van der Waals surface area (Å²) in [6, 6.07) is 19.1. The number of rotatable bonds is 8. The van der Waals surface area contributed by atoms with Crippen molar-refractivity contribution in [1.82, 2.24) is 30.3 Å². The number of anilines is 1. The van der Waals surface area contributed by atoms with E-state index in [2.05, 4.69) is 30.8 Å². The average molecular weight is 413 g/mol. The summed E-state index contributed by atoms with van der Waals surface area (Å²) in [6.45, 7) is 2.59. The van der Waals surface area contributed by atoms with E-state index in [-0.39, 0.29) is 11.9 Å². The largest absolute Gasteiger partial charge is 0.354 e. The number of para-hydroxylation sites is 1. The van der Waals surface area contributed by atoms with Crippen molar-refractivity contribution in [3.8, 4) is 16.9 Å². The molecule has 4 aromatic rings. The maximum absolute atomic E-state index is 12.8. The molecule has 0 spiro atoms. The van der Waals surface area contributed by atoms with Crippen LogP contribution in [0.3, 0.4) is 0 Å². The van der Waals surface area contributed by atoms with Gasteiger partial charge in [0, 0.05) is 24.3 Å². The molecule has 0 aliphatic heterocycles. The first kappa shape index (κ1) is 20.2. The third kappa shape index (κ3) is 5.11. The van der Waals surface area contributed by atoms with Gasteiger partial charge in [0.15, 0.2) is 0 Å². The molecule has 0 radical (unpaired) electrons. The lowest BCUT2D eigenvalue weighted by Gasteiger charge is -2.16. The summed E-state index contributed by atoms with van der Waals surface area (Å²) in [4.78, 5) is 23.1. The van der Waals surface area contributed by atoms with Gasteiger partial charge in [-0.15, -0.1) is 0 Å². The van der Waals surface area contributed by atoms with Gasteiger partial charge in [-0.2, -0.15) is 15.0 Å². The molecule has 2 N–H and O–H groups in total. The molecule has 8 nitrogen and oxygen atoms in total. The van der Waals surface area contributed by atoms with Crippen molar-refractivity contribution in [2.75, 3.05) is 11.9 Å². The Hall–Kier alpha value is -4.07. The van der Waals surface area contributed by atoms with Gasteiger partial charge in [-0.25, -0.2) is 9.97 Å². The molecule has 31 heavy (non-hydrogen) atoms. The van der Waals surface area contributed by atoms with Gasteiger partial charge in [0.05, 0.1) is 29.3 Å². The van der Waals surface area contributed by atoms with E-state index in [0.29, 0.717) is 30.2 Å². The molecule has 0 bridgehead atoms. The van der Waals surface area contributed by atoms with Gasteiger partial charge in [0.25, 0.3) is 5.91 Å². The van der Waals surface area contributed by atoms with Gasteiger partial charge in [0.2, 0.25) is 5.95 Å². The van der Waals surface area contributed by atoms with Crippen LogP contribution in [-0.4, -0.2) is 43.5 Å². The molecule has 8 heteroatoms. The molecule has 1 amide bonds. The number of aromatic nitrogens is 5. The number of nitrogens with zero attached hydrogens (tertiary/aromatic N) is 5. The SMILES string of the molecule is CC(CCNc1nccc(-c2ccccc2)n1)NC(=O)c1ccccc1-n1nccn1. The summed E-state index contributed by atoms with van der Waals surface area (Å²) >= 11 is 0. The minimum atomic E-state index is -0.164. The molecule has 0 saturated heterocycles. The van der Waals surface area contributed by atoms with Crippen molar-refractivity contribution in [3.63, 3.8) is 0 Å². The fourth-order valence-electron chi connectivity index (χ4n) is 3.17. The molecule has 2 aromatic heterocycles.